The van der Waals surface area contributed by atoms with Gasteiger partial charge in [-0.05, 0) is 43.2 Å². The van der Waals surface area contributed by atoms with Crippen molar-refractivity contribution in [3.05, 3.63) is 53.3 Å². The van der Waals surface area contributed by atoms with Crippen LogP contribution in [-0.4, -0.2) is 9.97 Å². The van der Waals surface area contributed by atoms with Gasteiger partial charge in [0.05, 0.1) is 5.52 Å². The van der Waals surface area contributed by atoms with Crippen molar-refractivity contribution >= 4 is 16.7 Å². The molecule has 20 heavy (non-hydrogen) atoms. The van der Waals surface area contributed by atoms with E-state index in [0.717, 1.165) is 22.0 Å². The Morgan fingerprint density at radius 1 is 1.00 bits per heavy atom. The number of nitrogens with zero attached hydrogens (tertiary/aromatic N) is 2. The highest BCUT2D eigenvalue weighted by Crippen LogP contribution is 2.27. The molecule has 0 saturated heterocycles. The second-order valence-electron chi connectivity index (χ2n) is 4.86. The summed E-state index contributed by atoms with van der Waals surface area (Å²) in [6.45, 7) is 3.87. The maximum absolute atomic E-state index is 13.4. The molecule has 2 N–H and O–H groups in total. The van der Waals surface area contributed by atoms with Gasteiger partial charge in [0.15, 0.2) is 5.82 Å². The number of benzene rings is 2. The Morgan fingerprint density at radius 2 is 1.80 bits per heavy atom. The predicted octanol–water partition coefficient (Wildman–Crippen LogP) is 3.63. The van der Waals surface area contributed by atoms with Crippen LogP contribution < -0.4 is 5.73 Å². The molecular formula is C16H14FN3. The monoisotopic (exact) mass is 267 g/mol. The van der Waals surface area contributed by atoms with Crippen molar-refractivity contribution in [2.45, 2.75) is 13.8 Å². The molecule has 0 radical (unpaired) electrons. The van der Waals surface area contributed by atoms with Gasteiger partial charge < -0.3 is 5.73 Å². The molecule has 1 aromatic heterocycles. The molecule has 0 aliphatic rings. The number of aryl methyl sites for hydroxylation is 2. The number of rotatable bonds is 1. The number of nitrogen functional groups attached to an aromatic ring is 1. The normalized spacial score (nSPS) is 10.9. The van der Waals surface area contributed by atoms with Crippen LogP contribution in [-0.2, 0) is 0 Å². The van der Waals surface area contributed by atoms with Crippen LogP contribution in [0.1, 0.15) is 11.1 Å². The predicted molar refractivity (Wildman–Crippen MR) is 78.8 cm³/mol. The van der Waals surface area contributed by atoms with Crippen LogP contribution in [0.3, 0.4) is 0 Å². The molecule has 3 aromatic rings. The van der Waals surface area contributed by atoms with E-state index in [9.17, 15) is 4.39 Å². The molecule has 0 saturated carbocycles. The quantitative estimate of drug-likeness (QED) is 0.732. The number of nitrogens with two attached hydrogens (primary N) is 1. The van der Waals surface area contributed by atoms with Crippen LogP contribution >= 0.6 is 0 Å². The number of halogens is 1. The van der Waals surface area contributed by atoms with Gasteiger partial charge in [-0.15, -0.1) is 0 Å². The minimum atomic E-state index is -0.308. The first-order valence-corrected chi connectivity index (χ1v) is 6.35. The van der Waals surface area contributed by atoms with Crippen molar-refractivity contribution in [3.8, 4) is 11.4 Å². The molecule has 2 aromatic carbocycles. The zero-order valence-corrected chi connectivity index (χ0v) is 11.3. The van der Waals surface area contributed by atoms with E-state index in [1.807, 2.05) is 32.0 Å². The Morgan fingerprint density at radius 3 is 2.60 bits per heavy atom. The molecule has 1 heterocycles. The first-order valence-electron chi connectivity index (χ1n) is 6.35. The fourth-order valence-corrected chi connectivity index (χ4v) is 2.27. The zero-order chi connectivity index (χ0) is 14.3. The molecule has 4 heteroatoms. The van der Waals surface area contributed by atoms with E-state index in [-0.39, 0.29) is 5.82 Å². The summed E-state index contributed by atoms with van der Waals surface area (Å²) < 4.78 is 13.4. The minimum Gasteiger partial charge on any atom is -0.383 e. The molecule has 0 aliphatic heterocycles. The first-order chi connectivity index (χ1) is 9.56. The summed E-state index contributed by atoms with van der Waals surface area (Å²) in [5.74, 6) is 0.566. The SMILES string of the molecule is Cc1ccc(F)cc1-c1nc(N)c2cccc(C)c2n1. The van der Waals surface area contributed by atoms with Crippen molar-refractivity contribution in [1.82, 2.24) is 9.97 Å². The summed E-state index contributed by atoms with van der Waals surface area (Å²) >= 11 is 0. The Balaban J connectivity index is 2.32. The van der Waals surface area contributed by atoms with Crippen molar-refractivity contribution in [2.24, 2.45) is 0 Å². The van der Waals surface area contributed by atoms with Crippen LogP contribution in [0.4, 0.5) is 10.2 Å². The molecule has 0 unspecified atom stereocenters. The fraction of sp³-hybridized carbons (Fsp3) is 0.125. The highest BCUT2D eigenvalue weighted by molar-refractivity contribution is 5.91. The van der Waals surface area contributed by atoms with Crippen LogP contribution in [0.25, 0.3) is 22.3 Å². The van der Waals surface area contributed by atoms with E-state index in [1.54, 1.807) is 6.07 Å². The lowest BCUT2D eigenvalue weighted by atomic mass is 10.1. The van der Waals surface area contributed by atoms with Crippen LogP contribution in [0.2, 0.25) is 0 Å². The van der Waals surface area contributed by atoms with Crippen molar-refractivity contribution in [3.63, 3.8) is 0 Å². The van der Waals surface area contributed by atoms with Crippen molar-refractivity contribution in [2.75, 3.05) is 5.73 Å². The number of aromatic nitrogens is 2. The molecule has 0 atom stereocenters. The highest BCUT2D eigenvalue weighted by atomic mass is 19.1. The lowest BCUT2D eigenvalue weighted by molar-refractivity contribution is 0.628. The van der Waals surface area contributed by atoms with Gasteiger partial charge >= 0.3 is 0 Å². The molecular weight excluding hydrogens is 253 g/mol. The third-order valence-electron chi connectivity index (χ3n) is 3.40. The summed E-state index contributed by atoms with van der Waals surface area (Å²) in [7, 11) is 0. The van der Waals surface area contributed by atoms with Gasteiger partial charge in [-0.3, -0.25) is 0 Å². The maximum Gasteiger partial charge on any atom is 0.162 e. The molecule has 0 amide bonds. The maximum atomic E-state index is 13.4. The smallest absolute Gasteiger partial charge is 0.162 e. The Hall–Kier alpha value is -2.49. The van der Waals surface area contributed by atoms with Gasteiger partial charge in [-0.1, -0.05) is 18.2 Å². The number of para-hydroxylation sites is 1. The van der Waals surface area contributed by atoms with Crippen molar-refractivity contribution < 1.29 is 4.39 Å². The van der Waals surface area contributed by atoms with Gasteiger partial charge in [0, 0.05) is 10.9 Å². The number of hydrogen-bond acceptors (Lipinski definition) is 3. The summed E-state index contributed by atoms with van der Waals surface area (Å²) in [4.78, 5) is 8.86. The lowest BCUT2D eigenvalue weighted by Crippen LogP contribution is -2.00. The molecule has 0 fully saturated rings. The molecule has 0 bridgehead atoms. The zero-order valence-electron chi connectivity index (χ0n) is 11.3. The van der Waals surface area contributed by atoms with Gasteiger partial charge in [-0.2, -0.15) is 0 Å². The average molecular weight is 267 g/mol. The Kier molecular flexibility index (Phi) is 2.86. The van der Waals surface area contributed by atoms with E-state index in [0.29, 0.717) is 17.2 Å². The first kappa shape index (κ1) is 12.5. The second-order valence-corrected chi connectivity index (χ2v) is 4.86. The third kappa shape index (κ3) is 1.99. The summed E-state index contributed by atoms with van der Waals surface area (Å²) in [6.07, 6.45) is 0. The number of hydrogen-bond donors (Lipinski definition) is 1. The van der Waals surface area contributed by atoms with Gasteiger partial charge in [-0.25, -0.2) is 14.4 Å². The van der Waals surface area contributed by atoms with Crippen molar-refractivity contribution in [1.29, 1.82) is 0 Å². The van der Waals surface area contributed by atoms with E-state index in [2.05, 4.69) is 9.97 Å². The van der Waals surface area contributed by atoms with Gasteiger partial charge in [0.25, 0.3) is 0 Å². The molecule has 3 rings (SSSR count). The molecule has 0 aliphatic carbocycles. The molecule has 0 spiro atoms. The number of fused-ring (bicyclic) bond motifs is 1. The van der Waals surface area contributed by atoms with Crippen LogP contribution in [0.5, 0.6) is 0 Å². The summed E-state index contributed by atoms with van der Waals surface area (Å²) in [5, 5.41) is 0.822. The van der Waals surface area contributed by atoms with E-state index >= 15 is 0 Å². The van der Waals surface area contributed by atoms with E-state index < -0.39 is 0 Å². The summed E-state index contributed by atoms with van der Waals surface area (Å²) in [5.41, 5.74) is 9.41. The van der Waals surface area contributed by atoms with Gasteiger partial charge in [0.2, 0.25) is 0 Å². The fourth-order valence-electron chi connectivity index (χ4n) is 2.27. The number of anilines is 1. The summed E-state index contributed by atoms with van der Waals surface area (Å²) in [6, 6.07) is 10.4. The second kappa shape index (κ2) is 4.56. The lowest BCUT2D eigenvalue weighted by Gasteiger charge is -2.09. The minimum absolute atomic E-state index is 0.308. The van der Waals surface area contributed by atoms with E-state index in [4.69, 9.17) is 5.73 Å². The molecule has 3 nitrogen and oxygen atoms in total. The average Bonchev–Trinajstić information content (AvgIpc) is 2.42. The topological polar surface area (TPSA) is 51.8 Å². The largest absolute Gasteiger partial charge is 0.383 e. The Labute approximate surface area is 116 Å². The van der Waals surface area contributed by atoms with Crippen LogP contribution in [0, 0.1) is 19.7 Å². The van der Waals surface area contributed by atoms with E-state index in [1.165, 1.54) is 12.1 Å². The van der Waals surface area contributed by atoms with Gasteiger partial charge in [0.1, 0.15) is 11.6 Å². The highest BCUT2D eigenvalue weighted by Gasteiger charge is 2.11. The standard InChI is InChI=1S/C16H14FN3/c1-9-6-7-11(17)8-13(9)16-19-14-10(2)4-3-5-12(14)15(18)20-16/h3-8H,1-2H3,(H2,18,19,20). The third-order valence-corrected chi connectivity index (χ3v) is 3.40. The van der Waals surface area contributed by atoms with Crippen LogP contribution in [0.15, 0.2) is 36.4 Å². The Bertz CT molecular complexity index is 812. The molecule has 100 valence electrons.